The minimum atomic E-state index is -0.285. The van der Waals surface area contributed by atoms with Crippen molar-refractivity contribution in [3.8, 4) is 11.5 Å². The Kier molecular flexibility index (Phi) is 5.69. The molecule has 7 nitrogen and oxygen atoms in total. The number of imide groups is 1. The van der Waals surface area contributed by atoms with E-state index in [-0.39, 0.29) is 44.3 Å². The fourth-order valence-corrected chi connectivity index (χ4v) is 4.36. The smallest absolute Gasteiger partial charge is 0.261 e. The Balaban J connectivity index is 1.86. The van der Waals surface area contributed by atoms with Crippen molar-refractivity contribution < 1.29 is 29.3 Å². The van der Waals surface area contributed by atoms with Crippen LogP contribution >= 0.6 is 0 Å². The predicted octanol–water partition coefficient (Wildman–Crippen LogP) is 2.51. The zero-order chi connectivity index (χ0) is 20.4. The highest BCUT2D eigenvalue weighted by atomic mass is 16.5. The lowest BCUT2D eigenvalue weighted by atomic mass is 9.88. The van der Waals surface area contributed by atoms with Gasteiger partial charge >= 0.3 is 0 Å². The van der Waals surface area contributed by atoms with Gasteiger partial charge in [0.05, 0.1) is 18.6 Å². The van der Waals surface area contributed by atoms with E-state index in [0.29, 0.717) is 33.4 Å². The van der Waals surface area contributed by atoms with Gasteiger partial charge in [-0.3, -0.25) is 14.5 Å². The fraction of sp³-hybridized carbons (Fsp3) is 0.455. The molecule has 154 valence electrons. The summed E-state index contributed by atoms with van der Waals surface area (Å²) >= 11 is 0. The Bertz CT molecular complexity index is 872. The van der Waals surface area contributed by atoms with Crippen LogP contribution in [0.15, 0.2) is 24.3 Å². The molecular weight excluding hydrogens is 374 g/mol. The van der Waals surface area contributed by atoms with E-state index in [4.69, 9.17) is 19.7 Å². The highest BCUT2D eigenvalue weighted by Crippen LogP contribution is 2.42. The molecule has 2 aliphatic rings. The summed E-state index contributed by atoms with van der Waals surface area (Å²) in [6, 6.07) is 6.64. The van der Waals surface area contributed by atoms with Gasteiger partial charge in [-0.1, -0.05) is 19.3 Å². The van der Waals surface area contributed by atoms with Gasteiger partial charge in [0.2, 0.25) is 0 Å². The maximum atomic E-state index is 13.3. The fourth-order valence-electron chi connectivity index (χ4n) is 4.36. The molecule has 0 bridgehead atoms. The van der Waals surface area contributed by atoms with Gasteiger partial charge in [-0.05, 0) is 37.1 Å². The summed E-state index contributed by atoms with van der Waals surface area (Å²) in [6.07, 6.45) is 4.85. The number of hydrogen-bond acceptors (Lipinski definition) is 6. The van der Waals surface area contributed by atoms with E-state index in [0.717, 1.165) is 32.1 Å². The molecule has 1 aliphatic carbocycles. The second-order valence-corrected chi connectivity index (χ2v) is 7.39. The number of aliphatic hydroxyl groups excluding tert-OH is 2. The van der Waals surface area contributed by atoms with Crippen molar-refractivity contribution >= 4 is 22.6 Å². The Labute approximate surface area is 168 Å². The molecule has 2 aromatic carbocycles. The lowest BCUT2D eigenvalue weighted by Gasteiger charge is -2.36. The van der Waals surface area contributed by atoms with Crippen LogP contribution in [-0.4, -0.2) is 59.4 Å². The Morgan fingerprint density at radius 1 is 0.793 bits per heavy atom. The molecule has 2 N–H and O–H groups in total. The molecule has 2 aromatic rings. The first-order valence-corrected chi connectivity index (χ1v) is 10.1. The van der Waals surface area contributed by atoms with Crippen LogP contribution in [0.25, 0.3) is 10.8 Å². The summed E-state index contributed by atoms with van der Waals surface area (Å²) in [6.45, 7) is -0.172. The van der Waals surface area contributed by atoms with Crippen LogP contribution in [-0.2, 0) is 0 Å². The second kappa shape index (κ2) is 8.39. The number of carbonyl (C=O) groups is 2. The zero-order valence-electron chi connectivity index (χ0n) is 16.2. The van der Waals surface area contributed by atoms with Gasteiger partial charge in [0, 0.05) is 22.6 Å². The minimum Gasteiger partial charge on any atom is -0.490 e. The van der Waals surface area contributed by atoms with Gasteiger partial charge in [0.15, 0.2) is 0 Å². The standard InChI is InChI=1S/C22H25NO6/c24-10-12-28-17-8-6-15-19-16(7-9-18(20(17)19)29-13-11-25)22(27)23(21(15)26)14-4-2-1-3-5-14/h6-9,14,24-25H,1-5,10-13H2. The molecule has 29 heavy (non-hydrogen) atoms. The Morgan fingerprint density at radius 3 is 1.79 bits per heavy atom. The van der Waals surface area contributed by atoms with Crippen molar-refractivity contribution in [3.63, 3.8) is 0 Å². The summed E-state index contributed by atoms with van der Waals surface area (Å²) in [7, 11) is 0. The molecule has 1 heterocycles. The van der Waals surface area contributed by atoms with Crippen molar-refractivity contribution in [1.82, 2.24) is 4.90 Å². The molecular formula is C22H25NO6. The monoisotopic (exact) mass is 399 g/mol. The predicted molar refractivity (Wildman–Crippen MR) is 106 cm³/mol. The van der Waals surface area contributed by atoms with Crippen molar-refractivity contribution in [2.75, 3.05) is 26.4 Å². The Morgan fingerprint density at radius 2 is 1.31 bits per heavy atom. The highest BCUT2D eigenvalue weighted by Gasteiger charge is 2.38. The van der Waals surface area contributed by atoms with Gasteiger partial charge in [-0.15, -0.1) is 0 Å². The number of ether oxygens (including phenoxy) is 2. The third kappa shape index (κ3) is 3.45. The lowest BCUT2D eigenvalue weighted by Crippen LogP contribution is -2.47. The third-order valence-corrected chi connectivity index (χ3v) is 5.62. The van der Waals surface area contributed by atoms with Gasteiger partial charge < -0.3 is 19.7 Å². The van der Waals surface area contributed by atoms with Crippen LogP contribution in [0.2, 0.25) is 0 Å². The molecule has 7 heteroatoms. The van der Waals surface area contributed by atoms with Crippen LogP contribution in [0.1, 0.15) is 52.8 Å². The first-order valence-electron chi connectivity index (χ1n) is 10.1. The summed E-state index contributed by atoms with van der Waals surface area (Å²) < 4.78 is 11.3. The van der Waals surface area contributed by atoms with Gasteiger partial charge in [-0.25, -0.2) is 0 Å². The molecule has 0 saturated heterocycles. The van der Waals surface area contributed by atoms with Crippen molar-refractivity contribution in [1.29, 1.82) is 0 Å². The number of hydrogen-bond donors (Lipinski definition) is 2. The lowest BCUT2D eigenvalue weighted by molar-refractivity contribution is 0.0503. The van der Waals surface area contributed by atoms with Crippen LogP contribution in [0.4, 0.5) is 0 Å². The van der Waals surface area contributed by atoms with E-state index in [1.54, 1.807) is 24.3 Å². The Hall–Kier alpha value is -2.64. The van der Waals surface area contributed by atoms with E-state index in [1.165, 1.54) is 4.90 Å². The number of benzene rings is 2. The molecule has 0 aromatic heterocycles. The number of aliphatic hydroxyl groups is 2. The summed E-state index contributed by atoms with van der Waals surface area (Å²) in [5.41, 5.74) is 0.900. The van der Waals surface area contributed by atoms with Crippen LogP contribution in [0, 0.1) is 0 Å². The van der Waals surface area contributed by atoms with Gasteiger partial charge in [0.25, 0.3) is 11.8 Å². The third-order valence-electron chi connectivity index (χ3n) is 5.62. The SMILES string of the molecule is O=C1c2ccc(OCCO)c3c(OCCO)ccc(c23)C(=O)N1C1CCCCC1. The average molecular weight is 399 g/mol. The first kappa shape index (κ1) is 19.7. The number of carbonyl (C=O) groups excluding carboxylic acids is 2. The van der Waals surface area contributed by atoms with Gasteiger partial charge in [-0.2, -0.15) is 0 Å². The number of rotatable bonds is 7. The van der Waals surface area contributed by atoms with E-state index < -0.39 is 0 Å². The summed E-state index contributed by atoms with van der Waals surface area (Å²) in [5.74, 6) is 0.290. The van der Waals surface area contributed by atoms with Crippen molar-refractivity contribution in [3.05, 3.63) is 35.4 Å². The van der Waals surface area contributed by atoms with Crippen LogP contribution in [0.3, 0.4) is 0 Å². The molecule has 2 amide bonds. The summed E-state index contributed by atoms with van der Waals surface area (Å²) in [4.78, 5) is 28.0. The molecule has 1 aliphatic heterocycles. The average Bonchev–Trinajstić information content (AvgIpc) is 2.75. The van der Waals surface area contributed by atoms with Crippen LogP contribution in [0.5, 0.6) is 11.5 Å². The van der Waals surface area contributed by atoms with Crippen LogP contribution < -0.4 is 9.47 Å². The molecule has 1 fully saturated rings. The minimum absolute atomic E-state index is 0.0671. The number of nitrogens with zero attached hydrogens (tertiary/aromatic N) is 1. The van der Waals surface area contributed by atoms with E-state index in [9.17, 15) is 9.59 Å². The normalized spacial score (nSPS) is 17.1. The molecule has 0 spiro atoms. The van der Waals surface area contributed by atoms with Crippen molar-refractivity contribution in [2.24, 2.45) is 0 Å². The quantitative estimate of drug-likeness (QED) is 0.695. The first-order chi connectivity index (χ1) is 14.2. The summed E-state index contributed by atoms with van der Waals surface area (Å²) in [5, 5.41) is 19.3. The van der Waals surface area contributed by atoms with E-state index in [2.05, 4.69) is 0 Å². The van der Waals surface area contributed by atoms with E-state index in [1.807, 2.05) is 0 Å². The van der Waals surface area contributed by atoms with Crippen molar-refractivity contribution in [2.45, 2.75) is 38.1 Å². The molecule has 0 unspecified atom stereocenters. The topological polar surface area (TPSA) is 96.3 Å². The van der Waals surface area contributed by atoms with Gasteiger partial charge in [0.1, 0.15) is 24.7 Å². The molecule has 1 saturated carbocycles. The maximum absolute atomic E-state index is 13.3. The molecule has 4 rings (SSSR count). The largest absolute Gasteiger partial charge is 0.490 e. The molecule has 0 atom stereocenters. The number of amides is 2. The highest BCUT2D eigenvalue weighted by molar-refractivity contribution is 6.27. The molecule has 0 radical (unpaired) electrons. The second-order valence-electron chi connectivity index (χ2n) is 7.39. The maximum Gasteiger partial charge on any atom is 0.261 e. The zero-order valence-corrected chi connectivity index (χ0v) is 16.2. The van der Waals surface area contributed by atoms with E-state index >= 15 is 0 Å².